The predicted octanol–water partition coefficient (Wildman–Crippen LogP) is 3.22. The third-order valence-electron chi connectivity index (χ3n) is 3.85. The first-order chi connectivity index (χ1) is 13.0. The Morgan fingerprint density at radius 3 is 2.00 bits per heavy atom. The van der Waals surface area contributed by atoms with Gasteiger partial charge in [0.1, 0.15) is 0 Å². The molecule has 0 bridgehead atoms. The molecule has 0 radical (unpaired) electrons. The van der Waals surface area contributed by atoms with Gasteiger partial charge < -0.3 is 0 Å². The van der Waals surface area contributed by atoms with E-state index in [1.165, 1.54) is 12.2 Å². The molecular formula is C16H12N2O6S4. The second-order valence-electron chi connectivity index (χ2n) is 5.49. The van der Waals surface area contributed by atoms with Crippen molar-refractivity contribution in [1.29, 1.82) is 0 Å². The second kappa shape index (κ2) is 8.48. The summed E-state index contributed by atoms with van der Waals surface area (Å²) in [6.07, 6.45) is 4.14. The van der Waals surface area contributed by atoms with Crippen LogP contribution >= 0.6 is 24.4 Å². The fourth-order valence-corrected chi connectivity index (χ4v) is 5.36. The zero-order chi connectivity index (χ0) is 21.0. The number of allylic oxidation sites excluding steroid dienone is 4. The van der Waals surface area contributed by atoms with Crippen molar-refractivity contribution in [3.63, 3.8) is 0 Å². The Hall–Kier alpha value is -2.14. The van der Waals surface area contributed by atoms with Crippen molar-refractivity contribution in [2.75, 3.05) is 0 Å². The highest BCUT2D eigenvalue weighted by Crippen LogP contribution is 2.41. The van der Waals surface area contributed by atoms with E-state index in [0.29, 0.717) is 11.3 Å². The molecule has 0 aromatic heterocycles. The molecule has 0 saturated carbocycles. The molecule has 1 aliphatic carbocycles. The monoisotopic (exact) mass is 456 g/mol. The van der Waals surface area contributed by atoms with Crippen molar-refractivity contribution in [2.45, 2.75) is 10.5 Å². The van der Waals surface area contributed by atoms with Crippen molar-refractivity contribution >= 4 is 66.8 Å². The van der Waals surface area contributed by atoms with Crippen molar-refractivity contribution in [1.82, 2.24) is 0 Å². The highest BCUT2D eigenvalue weighted by Gasteiger charge is 2.58. The number of isothiocyanates is 2. The fraction of sp³-hybridized carbons (Fsp3) is 0.125. The average molecular weight is 457 g/mol. The summed E-state index contributed by atoms with van der Waals surface area (Å²) in [4.78, 5) is 7.35. The first-order valence-corrected chi connectivity index (χ1v) is 11.0. The predicted molar refractivity (Wildman–Crippen MR) is 112 cm³/mol. The summed E-state index contributed by atoms with van der Waals surface area (Å²) in [5.41, 5.74) is 0.641. The lowest BCUT2D eigenvalue weighted by molar-refractivity contribution is 0.432. The summed E-state index contributed by atoms with van der Waals surface area (Å²) in [5.74, 6) is 0. The topological polar surface area (TPSA) is 133 Å². The molecule has 0 unspecified atom stereocenters. The van der Waals surface area contributed by atoms with Gasteiger partial charge in [0.15, 0.2) is 0 Å². The summed E-state index contributed by atoms with van der Waals surface area (Å²) in [6.45, 7) is 0. The Kier molecular flexibility index (Phi) is 6.71. The van der Waals surface area contributed by atoms with E-state index in [1.54, 1.807) is 24.3 Å². The van der Waals surface area contributed by atoms with Gasteiger partial charge >= 0.3 is 0 Å². The zero-order valence-corrected chi connectivity index (χ0v) is 17.1. The molecule has 0 heterocycles. The standard InChI is InChI=1S/C16H12N2O6S4/c19-27(20,21)16(28(22,23)24)9-15(18-11-26)8-5-13(16)4-1-12-2-6-14(7-3-12)17-10-25/h1-8H,9H2,(H,19,20,21)(H,22,23,24). The van der Waals surface area contributed by atoms with E-state index in [9.17, 15) is 25.9 Å². The molecule has 8 nitrogen and oxygen atoms in total. The number of aliphatic imine (C=N–C) groups is 2. The van der Waals surface area contributed by atoms with E-state index in [-0.39, 0.29) is 11.3 Å². The van der Waals surface area contributed by atoms with E-state index >= 15 is 0 Å². The fourth-order valence-electron chi connectivity index (χ4n) is 2.54. The van der Waals surface area contributed by atoms with Gasteiger partial charge in [-0.05, 0) is 53.8 Å². The Labute approximate surface area is 172 Å². The molecule has 1 aromatic carbocycles. The van der Waals surface area contributed by atoms with Gasteiger partial charge in [-0.2, -0.15) is 26.8 Å². The lowest BCUT2D eigenvalue weighted by Crippen LogP contribution is -2.48. The summed E-state index contributed by atoms with van der Waals surface area (Å²) in [6, 6.07) is 6.45. The molecule has 0 saturated heterocycles. The van der Waals surface area contributed by atoms with Gasteiger partial charge in [0, 0.05) is 6.42 Å². The number of nitrogens with zero attached hydrogens (tertiary/aromatic N) is 2. The van der Waals surface area contributed by atoms with Crippen LogP contribution in [0.3, 0.4) is 0 Å². The molecule has 146 valence electrons. The molecule has 0 fully saturated rings. The maximum Gasteiger partial charge on any atom is 0.292 e. The summed E-state index contributed by atoms with van der Waals surface area (Å²) in [5, 5.41) is 4.19. The largest absolute Gasteiger partial charge is 0.292 e. The van der Waals surface area contributed by atoms with Crippen molar-refractivity contribution in [3.05, 3.63) is 59.3 Å². The van der Waals surface area contributed by atoms with E-state index in [2.05, 4.69) is 39.6 Å². The molecule has 1 aliphatic rings. The molecule has 1 aromatic rings. The van der Waals surface area contributed by atoms with Gasteiger partial charge in [0.05, 0.1) is 21.7 Å². The molecular weight excluding hydrogens is 444 g/mol. The molecule has 28 heavy (non-hydrogen) atoms. The van der Waals surface area contributed by atoms with Gasteiger partial charge in [0.25, 0.3) is 24.3 Å². The number of rotatable bonds is 6. The van der Waals surface area contributed by atoms with Crippen LogP contribution in [-0.2, 0) is 20.2 Å². The SMILES string of the molecule is O=S(=O)(O)C1(S(=O)(=O)O)CC(N=C=S)=CC=C1C=Cc1ccc(N=C=S)cc1. The minimum Gasteiger partial charge on any atom is -0.284 e. The van der Waals surface area contributed by atoms with Crippen LogP contribution in [-0.4, -0.2) is 40.3 Å². The number of hydrogen-bond donors (Lipinski definition) is 2. The van der Waals surface area contributed by atoms with E-state index in [0.717, 1.165) is 12.2 Å². The van der Waals surface area contributed by atoms with Crippen molar-refractivity contribution in [2.24, 2.45) is 9.98 Å². The molecule has 0 spiro atoms. The third kappa shape index (κ3) is 4.46. The normalized spacial score (nSPS) is 16.5. The Bertz CT molecular complexity index is 1150. The second-order valence-corrected chi connectivity index (χ2v) is 9.41. The Morgan fingerprint density at radius 1 is 0.929 bits per heavy atom. The summed E-state index contributed by atoms with van der Waals surface area (Å²) < 4.78 is 64.5. The third-order valence-corrected chi connectivity index (χ3v) is 7.73. The van der Waals surface area contributed by atoms with Crippen LogP contribution in [0.2, 0.25) is 0 Å². The van der Waals surface area contributed by atoms with Gasteiger partial charge in [0.2, 0.25) is 0 Å². The molecule has 2 rings (SSSR count). The van der Waals surface area contributed by atoms with Crippen LogP contribution in [0.5, 0.6) is 0 Å². The van der Waals surface area contributed by atoms with E-state index in [4.69, 9.17) is 0 Å². The highest BCUT2D eigenvalue weighted by atomic mass is 32.3. The molecule has 2 N–H and O–H groups in total. The van der Waals surface area contributed by atoms with Crippen LogP contribution in [0.1, 0.15) is 12.0 Å². The zero-order valence-electron chi connectivity index (χ0n) is 13.9. The van der Waals surface area contributed by atoms with Gasteiger partial charge in [-0.3, -0.25) is 9.11 Å². The van der Waals surface area contributed by atoms with Crippen LogP contribution < -0.4 is 0 Å². The highest BCUT2D eigenvalue weighted by molar-refractivity contribution is 8.05. The van der Waals surface area contributed by atoms with E-state index in [1.807, 2.05) is 5.16 Å². The molecule has 0 amide bonds. The van der Waals surface area contributed by atoms with Crippen LogP contribution in [0.25, 0.3) is 6.08 Å². The maximum atomic E-state index is 12.0. The van der Waals surface area contributed by atoms with Gasteiger partial charge in [-0.15, -0.1) is 0 Å². The lowest BCUT2D eigenvalue weighted by atomic mass is 10.00. The van der Waals surface area contributed by atoms with Crippen LogP contribution in [0, 0.1) is 0 Å². The molecule has 0 atom stereocenters. The first-order valence-electron chi connectivity index (χ1n) is 7.34. The van der Waals surface area contributed by atoms with Crippen molar-refractivity contribution in [3.8, 4) is 0 Å². The minimum atomic E-state index is -5.32. The Balaban J connectivity index is 2.62. The summed E-state index contributed by atoms with van der Waals surface area (Å²) in [7, 11) is -10.6. The quantitative estimate of drug-likeness (QED) is 0.379. The number of thiocarbonyl (C=S) groups is 2. The van der Waals surface area contributed by atoms with Gasteiger partial charge in [-0.25, -0.2) is 0 Å². The number of benzene rings is 1. The Morgan fingerprint density at radius 2 is 1.50 bits per heavy atom. The van der Waals surface area contributed by atoms with Crippen LogP contribution in [0.15, 0.2) is 63.7 Å². The smallest absolute Gasteiger partial charge is 0.284 e. The average Bonchev–Trinajstić information content (AvgIpc) is 2.60. The summed E-state index contributed by atoms with van der Waals surface area (Å²) >= 11 is 8.94. The lowest BCUT2D eigenvalue weighted by Gasteiger charge is -2.30. The van der Waals surface area contributed by atoms with E-state index < -0.39 is 30.7 Å². The molecule has 0 aliphatic heterocycles. The first kappa shape index (κ1) is 22.2. The number of hydrogen-bond acceptors (Lipinski definition) is 8. The maximum absolute atomic E-state index is 12.0. The van der Waals surface area contributed by atoms with Crippen LogP contribution in [0.4, 0.5) is 5.69 Å². The van der Waals surface area contributed by atoms with Gasteiger partial charge in [-0.1, -0.05) is 30.4 Å². The van der Waals surface area contributed by atoms with Crippen molar-refractivity contribution < 1.29 is 25.9 Å². The minimum absolute atomic E-state index is 0.0928. The molecule has 12 heteroatoms.